The van der Waals surface area contributed by atoms with Crippen LogP contribution in [-0.4, -0.2) is 43.9 Å². The fourth-order valence-electron chi connectivity index (χ4n) is 3.91. The minimum atomic E-state index is -4.39. The topological polar surface area (TPSA) is 89.1 Å². The molecule has 0 atom stereocenters. The molecule has 4 rings (SSSR count). The molecule has 3 N–H and O–H groups in total. The Morgan fingerprint density at radius 1 is 1.15 bits per heavy atom. The number of carbonyl (C=O) groups is 1. The van der Waals surface area contributed by atoms with Crippen LogP contribution in [0.4, 0.5) is 19.0 Å². The van der Waals surface area contributed by atoms with Gasteiger partial charge < -0.3 is 15.6 Å². The summed E-state index contributed by atoms with van der Waals surface area (Å²) in [6.45, 7) is 3.32. The largest absolute Gasteiger partial charge is 0.417 e. The zero-order chi connectivity index (χ0) is 24.5. The van der Waals surface area contributed by atoms with Crippen LogP contribution in [0.5, 0.6) is 0 Å². The van der Waals surface area contributed by atoms with Gasteiger partial charge in [-0.25, -0.2) is 14.3 Å². The number of nitrogens with two attached hydrogens (primary N) is 1. The highest BCUT2D eigenvalue weighted by molar-refractivity contribution is 7.97. The van der Waals surface area contributed by atoms with Gasteiger partial charge in [-0.3, -0.25) is 4.79 Å². The Labute approximate surface area is 199 Å². The second kappa shape index (κ2) is 9.67. The fraction of sp³-hybridized carbons (Fsp3) is 0.348. The Balaban J connectivity index is 1.31. The number of aryl methyl sites for hydroxylation is 1. The van der Waals surface area contributed by atoms with Crippen molar-refractivity contribution in [3.05, 3.63) is 59.7 Å². The summed E-state index contributed by atoms with van der Waals surface area (Å²) in [5.41, 5.74) is 6.84. The summed E-state index contributed by atoms with van der Waals surface area (Å²) in [7, 11) is 1.75. The van der Waals surface area contributed by atoms with Crippen molar-refractivity contribution < 1.29 is 18.0 Å². The minimum Gasteiger partial charge on any atom is -0.367 e. The van der Waals surface area contributed by atoms with E-state index >= 15 is 0 Å². The molecule has 0 aliphatic carbocycles. The summed E-state index contributed by atoms with van der Waals surface area (Å²) in [6, 6.07) is 9.30. The van der Waals surface area contributed by atoms with E-state index in [4.69, 9.17) is 5.73 Å². The Morgan fingerprint density at radius 2 is 1.82 bits per heavy atom. The van der Waals surface area contributed by atoms with Crippen molar-refractivity contribution in [1.82, 2.24) is 18.8 Å². The number of alkyl halides is 3. The van der Waals surface area contributed by atoms with Crippen molar-refractivity contribution in [2.45, 2.75) is 36.9 Å². The van der Waals surface area contributed by atoms with Crippen molar-refractivity contribution in [2.75, 3.05) is 18.4 Å². The molecule has 34 heavy (non-hydrogen) atoms. The number of nitrogens with one attached hydrogen (secondary N) is 1. The molecule has 0 spiro atoms. The highest BCUT2D eigenvalue weighted by Crippen LogP contribution is 2.32. The van der Waals surface area contributed by atoms with Crippen molar-refractivity contribution in [3.63, 3.8) is 0 Å². The number of piperidine rings is 1. The molecule has 1 fully saturated rings. The average Bonchev–Trinajstić information content (AvgIpc) is 3.18. The van der Waals surface area contributed by atoms with Gasteiger partial charge in [0.1, 0.15) is 5.82 Å². The van der Waals surface area contributed by atoms with Crippen LogP contribution in [0, 0.1) is 6.92 Å². The molecule has 0 unspecified atom stereocenters. The number of hydrogen-bond acceptors (Lipinski definition) is 6. The Morgan fingerprint density at radius 3 is 2.38 bits per heavy atom. The Hall–Kier alpha value is -3.05. The molecule has 0 radical (unpaired) electrons. The molecule has 180 valence electrons. The maximum Gasteiger partial charge on any atom is 0.417 e. The fourth-order valence-corrected chi connectivity index (χ4v) is 4.86. The molecule has 11 heteroatoms. The van der Waals surface area contributed by atoms with E-state index in [-0.39, 0.29) is 11.9 Å². The molecule has 1 saturated heterocycles. The Kier molecular flexibility index (Phi) is 6.85. The van der Waals surface area contributed by atoms with Crippen LogP contribution >= 0.6 is 11.9 Å². The standard InChI is InChI=1S/C23H25F3N6OS/c1-14-11-16(23(24,25)26)12-28-21(14)30-17-7-9-32(10-8-17)34-18-5-3-15(4-6-18)19-13-29-22(20(27)33)31(19)2/h3-6,11-13,17H,7-10H2,1-2H3,(H2,27,33)(H,28,30). The van der Waals surface area contributed by atoms with Crippen molar-refractivity contribution >= 4 is 23.7 Å². The summed E-state index contributed by atoms with van der Waals surface area (Å²) in [4.78, 5) is 20.6. The lowest BCUT2D eigenvalue weighted by Crippen LogP contribution is -2.35. The van der Waals surface area contributed by atoms with E-state index in [0.717, 1.165) is 54.3 Å². The first kappa shape index (κ1) is 24.1. The quantitative estimate of drug-likeness (QED) is 0.495. The lowest BCUT2D eigenvalue weighted by Gasteiger charge is -2.32. The number of primary amides is 1. The van der Waals surface area contributed by atoms with Gasteiger partial charge in [-0.15, -0.1) is 0 Å². The number of rotatable bonds is 6. The van der Waals surface area contributed by atoms with Gasteiger partial charge in [0, 0.05) is 37.3 Å². The van der Waals surface area contributed by atoms with E-state index in [2.05, 4.69) is 19.6 Å². The summed E-state index contributed by atoms with van der Waals surface area (Å²) in [5.74, 6) is 0.152. The first-order valence-electron chi connectivity index (χ1n) is 10.8. The van der Waals surface area contributed by atoms with E-state index in [0.29, 0.717) is 11.4 Å². The molecule has 3 aromatic rings. The van der Waals surface area contributed by atoms with Crippen LogP contribution < -0.4 is 11.1 Å². The molecule has 0 saturated carbocycles. The van der Waals surface area contributed by atoms with Crippen LogP contribution in [-0.2, 0) is 13.2 Å². The van der Waals surface area contributed by atoms with E-state index in [9.17, 15) is 18.0 Å². The first-order chi connectivity index (χ1) is 16.1. The third-order valence-electron chi connectivity index (χ3n) is 5.79. The molecule has 7 nitrogen and oxygen atoms in total. The summed E-state index contributed by atoms with van der Waals surface area (Å²) in [5, 5.41) is 3.30. The number of imidazole rings is 1. The number of halogens is 3. The first-order valence-corrected chi connectivity index (χ1v) is 11.5. The van der Waals surface area contributed by atoms with Gasteiger partial charge in [-0.2, -0.15) is 13.2 Å². The highest BCUT2D eigenvalue weighted by atomic mass is 32.2. The third kappa shape index (κ3) is 5.36. The highest BCUT2D eigenvalue weighted by Gasteiger charge is 2.31. The lowest BCUT2D eigenvalue weighted by atomic mass is 10.1. The molecule has 3 heterocycles. The van der Waals surface area contributed by atoms with Gasteiger partial charge >= 0.3 is 6.18 Å². The smallest absolute Gasteiger partial charge is 0.367 e. The predicted octanol–water partition coefficient (Wildman–Crippen LogP) is 4.49. The van der Waals surface area contributed by atoms with Gasteiger partial charge in [-0.05, 0) is 61.0 Å². The zero-order valence-electron chi connectivity index (χ0n) is 18.8. The molecule has 0 bridgehead atoms. The molecule has 1 aliphatic rings. The SMILES string of the molecule is Cc1cc(C(F)(F)F)cnc1NC1CCN(Sc2ccc(-c3cnc(C(N)=O)n3C)cc2)CC1. The number of amides is 1. The van der Waals surface area contributed by atoms with E-state index in [1.54, 1.807) is 36.7 Å². The number of pyridine rings is 1. The maximum atomic E-state index is 12.8. The molecule has 1 amide bonds. The summed E-state index contributed by atoms with van der Waals surface area (Å²) in [6.07, 6.45) is -0.158. The maximum absolute atomic E-state index is 12.8. The monoisotopic (exact) mass is 490 g/mol. The second-order valence-electron chi connectivity index (χ2n) is 8.24. The van der Waals surface area contributed by atoms with Crippen LogP contribution in [0.15, 0.2) is 47.6 Å². The number of nitrogens with zero attached hydrogens (tertiary/aromatic N) is 4. The molecule has 1 aromatic carbocycles. The number of hydrogen-bond donors (Lipinski definition) is 2. The molecular formula is C23H25F3N6OS. The van der Waals surface area contributed by atoms with Gasteiger partial charge in [0.05, 0.1) is 17.5 Å². The van der Waals surface area contributed by atoms with Crippen LogP contribution in [0.25, 0.3) is 11.3 Å². The minimum absolute atomic E-state index is 0.159. The van der Waals surface area contributed by atoms with Gasteiger partial charge in [0.15, 0.2) is 5.82 Å². The predicted molar refractivity (Wildman–Crippen MR) is 125 cm³/mol. The number of anilines is 1. The average molecular weight is 491 g/mol. The number of carbonyl (C=O) groups excluding carboxylic acids is 1. The third-order valence-corrected chi connectivity index (χ3v) is 6.90. The van der Waals surface area contributed by atoms with Crippen LogP contribution in [0.1, 0.15) is 34.6 Å². The summed E-state index contributed by atoms with van der Waals surface area (Å²) < 4.78 is 42.5. The normalized spacial score (nSPS) is 15.4. The van der Waals surface area contributed by atoms with E-state index in [1.807, 2.05) is 24.3 Å². The molecule has 2 aromatic heterocycles. The van der Waals surface area contributed by atoms with E-state index in [1.165, 1.54) is 0 Å². The zero-order valence-corrected chi connectivity index (χ0v) is 19.6. The van der Waals surface area contributed by atoms with Gasteiger partial charge in [0.25, 0.3) is 5.91 Å². The van der Waals surface area contributed by atoms with E-state index < -0.39 is 17.6 Å². The van der Waals surface area contributed by atoms with Crippen LogP contribution in [0.3, 0.4) is 0 Å². The van der Waals surface area contributed by atoms with Crippen molar-refractivity contribution in [3.8, 4) is 11.3 Å². The number of aromatic nitrogens is 3. The lowest BCUT2D eigenvalue weighted by molar-refractivity contribution is -0.137. The summed E-state index contributed by atoms with van der Waals surface area (Å²) >= 11 is 1.67. The Bertz CT molecular complexity index is 1170. The van der Waals surface area contributed by atoms with Crippen molar-refractivity contribution in [1.29, 1.82) is 0 Å². The van der Waals surface area contributed by atoms with Crippen LogP contribution in [0.2, 0.25) is 0 Å². The second-order valence-corrected chi connectivity index (χ2v) is 9.41. The molecular weight excluding hydrogens is 465 g/mol. The van der Waals surface area contributed by atoms with Gasteiger partial charge in [-0.1, -0.05) is 12.1 Å². The molecule has 1 aliphatic heterocycles. The van der Waals surface area contributed by atoms with Gasteiger partial charge in [0.2, 0.25) is 0 Å². The number of benzene rings is 1. The van der Waals surface area contributed by atoms with Crippen molar-refractivity contribution in [2.24, 2.45) is 12.8 Å².